The van der Waals surface area contributed by atoms with Gasteiger partial charge >= 0.3 is 0 Å². The standard InChI is InChI=1S/C23H27N3O2S/c27-22(26-14-12-25(13-15-26)16-18-6-2-1-3-7-18)17-29-21-11-10-19-8-4-5-9-20(19)24-23(21)28/h1-9,21H,10-17H2,(H,24,28)/t21-/m0/s1. The molecule has 0 spiro atoms. The topological polar surface area (TPSA) is 52.7 Å². The summed E-state index contributed by atoms with van der Waals surface area (Å²) in [5, 5.41) is 2.84. The van der Waals surface area contributed by atoms with E-state index in [0.717, 1.165) is 51.3 Å². The Morgan fingerprint density at radius 1 is 1.00 bits per heavy atom. The minimum Gasteiger partial charge on any atom is -0.339 e. The van der Waals surface area contributed by atoms with Gasteiger partial charge in [-0.1, -0.05) is 48.5 Å². The van der Waals surface area contributed by atoms with Gasteiger partial charge in [-0.15, -0.1) is 11.8 Å². The van der Waals surface area contributed by atoms with E-state index in [9.17, 15) is 9.59 Å². The normalized spacial score (nSPS) is 19.9. The van der Waals surface area contributed by atoms with Gasteiger partial charge in [0.05, 0.1) is 11.0 Å². The fraction of sp³-hybridized carbons (Fsp3) is 0.391. The largest absolute Gasteiger partial charge is 0.339 e. The number of nitrogens with one attached hydrogen (secondary N) is 1. The Morgan fingerprint density at radius 3 is 2.52 bits per heavy atom. The van der Waals surface area contributed by atoms with Crippen LogP contribution in [0.4, 0.5) is 5.69 Å². The zero-order valence-corrected chi connectivity index (χ0v) is 17.4. The smallest absolute Gasteiger partial charge is 0.237 e. The summed E-state index contributed by atoms with van der Waals surface area (Å²) in [5.74, 6) is 0.525. The number of amides is 2. The van der Waals surface area contributed by atoms with Crippen LogP contribution in [0.25, 0.3) is 0 Å². The molecule has 0 aromatic heterocycles. The molecule has 5 nitrogen and oxygen atoms in total. The molecule has 152 valence electrons. The molecule has 2 heterocycles. The zero-order valence-electron chi connectivity index (χ0n) is 16.5. The maximum Gasteiger partial charge on any atom is 0.237 e. The Balaban J connectivity index is 1.23. The minimum absolute atomic E-state index is 0.0143. The van der Waals surface area contributed by atoms with E-state index in [1.807, 2.05) is 29.2 Å². The predicted octanol–water partition coefficient (Wildman–Crippen LogP) is 3.02. The number of anilines is 1. The van der Waals surface area contributed by atoms with Crippen LogP contribution in [0, 0.1) is 0 Å². The molecule has 0 bridgehead atoms. The second-order valence-electron chi connectivity index (χ2n) is 7.63. The molecule has 2 aliphatic rings. The number of para-hydroxylation sites is 1. The summed E-state index contributed by atoms with van der Waals surface area (Å²) in [4.78, 5) is 29.5. The maximum atomic E-state index is 12.7. The number of carbonyl (C=O) groups is 2. The third-order valence-electron chi connectivity index (χ3n) is 5.63. The van der Waals surface area contributed by atoms with Crippen molar-refractivity contribution in [2.24, 2.45) is 0 Å². The molecule has 1 N–H and O–H groups in total. The molecular formula is C23H27N3O2S. The Morgan fingerprint density at radius 2 is 1.72 bits per heavy atom. The fourth-order valence-electron chi connectivity index (χ4n) is 3.91. The first-order chi connectivity index (χ1) is 14.2. The Labute approximate surface area is 176 Å². The van der Waals surface area contributed by atoms with Gasteiger partial charge < -0.3 is 10.2 Å². The molecule has 6 heteroatoms. The van der Waals surface area contributed by atoms with Crippen molar-refractivity contribution in [2.45, 2.75) is 24.6 Å². The van der Waals surface area contributed by atoms with Crippen molar-refractivity contribution in [1.82, 2.24) is 9.80 Å². The number of carbonyl (C=O) groups excluding carboxylic acids is 2. The van der Waals surface area contributed by atoms with Gasteiger partial charge in [0, 0.05) is 38.4 Å². The highest BCUT2D eigenvalue weighted by atomic mass is 32.2. The minimum atomic E-state index is -0.175. The summed E-state index contributed by atoms with van der Waals surface area (Å²) >= 11 is 1.48. The lowest BCUT2D eigenvalue weighted by molar-refractivity contribution is -0.130. The lowest BCUT2D eigenvalue weighted by atomic mass is 10.1. The number of piperazine rings is 1. The van der Waals surface area contributed by atoms with E-state index in [1.54, 1.807) is 0 Å². The van der Waals surface area contributed by atoms with Gasteiger partial charge in [-0.25, -0.2) is 0 Å². The average Bonchev–Trinajstić information content (AvgIpc) is 2.91. The van der Waals surface area contributed by atoms with Gasteiger partial charge in [0.25, 0.3) is 0 Å². The number of thioether (sulfide) groups is 1. The van der Waals surface area contributed by atoms with Crippen molar-refractivity contribution in [2.75, 3.05) is 37.2 Å². The first-order valence-corrected chi connectivity index (χ1v) is 11.3. The summed E-state index contributed by atoms with van der Waals surface area (Å²) in [5.41, 5.74) is 3.38. The summed E-state index contributed by atoms with van der Waals surface area (Å²) in [6, 6.07) is 18.4. The molecule has 0 radical (unpaired) electrons. The van der Waals surface area contributed by atoms with Gasteiger partial charge in [0.2, 0.25) is 11.8 Å². The highest BCUT2D eigenvalue weighted by Gasteiger charge is 2.27. The molecule has 29 heavy (non-hydrogen) atoms. The van der Waals surface area contributed by atoms with Crippen LogP contribution in [0.5, 0.6) is 0 Å². The molecular weight excluding hydrogens is 382 g/mol. The van der Waals surface area contributed by atoms with E-state index in [-0.39, 0.29) is 17.1 Å². The van der Waals surface area contributed by atoms with Crippen LogP contribution in [0.15, 0.2) is 54.6 Å². The van der Waals surface area contributed by atoms with Crippen molar-refractivity contribution in [3.63, 3.8) is 0 Å². The molecule has 1 fully saturated rings. The number of rotatable bonds is 5. The monoisotopic (exact) mass is 409 g/mol. The van der Waals surface area contributed by atoms with Gasteiger partial charge in [-0.3, -0.25) is 14.5 Å². The average molecular weight is 410 g/mol. The summed E-state index contributed by atoms with van der Waals surface area (Å²) in [6.07, 6.45) is 1.63. The molecule has 2 aromatic carbocycles. The lowest BCUT2D eigenvalue weighted by Crippen LogP contribution is -2.49. The van der Waals surface area contributed by atoms with Crippen LogP contribution in [-0.2, 0) is 22.6 Å². The number of hydrogen-bond donors (Lipinski definition) is 1. The molecule has 4 rings (SSSR count). The molecule has 1 atom stereocenters. The van der Waals surface area contributed by atoms with Crippen LogP contribution in [0.1, 0.15) is 17.5 Å². The number of hydrogen-bond acceptors (Lipinski definition) is 4. The second-order valence-corrected chi connectivity index (χ2v) is 8.82. The van der Waals surface area contributed by atoms with Gasteiger partial charge in [0.1, 0.15) is 0 Å². The van der Waals surface area contributed by atoms with E-state index in [4.69, 9.17) is 0 Å². The highest BCUT2D eigenvalue weighted by Crippen LogP contribution is 2.27. The van der Waals surface area contributed by atoms with E-state index in [0.29, 0.717) is 5.75 Å². The van der Waals surface area contributed by atoms with E-state index >= 15 is 0 Å². The number of aryl methyl sites for hydroxylation is 1. The summed E-state index contributed by atoms with van der Waals surface area (Å²) in [6.45, 7) is 4.23. The van der Waals surface area contributed by atoms with Crippen LogP contribution in [-0.4, -0.2) is 58.8 Å². The lowest BCUT2D eigenvalue weighted by Gasteiger charge is -2.35. The van der Waals surface area contributed by atoms with Crippen molar-refractivity contribution >= 4 is 29.3 Å². The third kappa shape index (κ3) is 5.19. The van der Waals surface area contributed by atoms with E-state index < -0.39 is 0 Å². The Bertz CT molecular complexity index is 850. The maximum absolute atomic E-state index is 12.7. The van der Waals surface area contributed by atoms with Crippen molar-refractivity contribution in [3.05, 3.63) is 65.7 Å². The van der Waals surface area contributed by atoms with Crippen molar-refractivity contribution in [1.29, 1.82) is 0 Å². The molecule has 0 saturated carbocycles. The predicted molar refractivity (Wildman–Crippen MR) is 118 cm³/mol. The van der Waals surface area contributed by atoms with E-state index in [2.05, 4.69) is 40.5 Å². The molecule has 2 aliphatic heterocycles. The van der Waals surface area contributed by atoms with Crippen LogP contribution >= 0.6 is 11.8 Å². The fourth-order valence-corrected chi connectivity index (χ4v) is 4.93. The SMILES string of the molecule is O=C1Nc2ccccc2CC[C@@H]1SCC(=O)N1CCN(Cc2ccccc2)CC1. The first kappa shape index (κ1) is 20.0. The highest BCUT2D eigenvalue weighted by molar-refractivity contribution is 8.01. The molecule has 0 aliphatic carbocycles. The molecule has 2 aromatic rings. The van der Waals surface area contributed by atoms with Crippen molar-refractivity contribution in [3.8, 4) is 0 Å². The Hall–Kier alpha value is -2.31. The van der Waals surface area contributed by atoms with Crippen LogP contribution in [0.3, 0.4) is 0 Å². The number of benzene rings is 2. The molecule has 2 amide bonds. The van der Waals surface area contributed by atoms with Gasteiger partial charge in [-0.2, -0.15) is 0 Å². The zero-order chi connectivity index (χ0) is 20.1. The quantitative estimate of drug-likeness (QED) is 0.825. The van der Waals surface area contributed by atoms with E-state index in [1.165, 1.54) is 22.9 Å². The van der Waals surface area contributed by atoms with Crippen LogP contribution < -0.4 is 5.32 Å². The number of fused-ring (bicyclic) bond motifs is 1. The molecule has 0 unspecified atom stereocenters. The van der Waals surface area contributed by atoms with Gasteiger partial charge in [0.15, 0.2) is 0 Å². The summed E-state index contributed by atoms with van der Waals surface area (Å²) in [7, 11) is 0. The Kier molecular flexibility index (Phi) is 6.52. The third-order valence-corrected chi connectivity index (χ3v) is 6.89. The molecule has 1 saturated heterocycles. The second kappa shape index (κ2) is 9.46. The van der Waals surface area contributed by atoms with Gasteiger partial charge in [-0.05, 0) is 30.0 Å². The number of nitrogens with zero attached hydrogens (tertiary/aromatic N) is 2. The summed E-state index contributed by atoms with van der Waals surface area (Å²) < 4.78 is 0. The first-order valence-electron chi connectivity index (χ1n) is 10.2. The van der Waals surface area contributed by atoms with Crippen molar-refractivity contribution < 1.29 is 9.59 Å². The van der Waals surface area contributed by atoms with Crippen LogP contribution in [0.2, 0.25) is 0 Å².